The Kier molecular flexibility index (Phi) is 2.97. The molecule has 1 aliphatic heterocycles. The number of aromatic nitrogens is 7. The fraction of sp³-hybridized carbons (Fsp3) is 0.278. The van der Waals surface area contributed by atoms with E-state index in [-0.39, 0.29) is 0 Å². The summed E-state index contributed by atoms with van der Waals surface area (Å²) in [5.41, 5.74) is 6.02. The van der Waals surface area contributed by atoms with Crippen molar-refractivity contribution in [1.82, 2.24) is 34.1 Å². The van der Waals surface area contributed by atoms with E-state index in [4.69, 9.17) is 4.98 Å². The molecule has 7 heteroatoms. The standard InChI is InChI=1S/C18H17N7/c1-11-8-20-12(2)17-22-16(23-25(11)17)6-5-13-9-24-10-15-14(18(24)21-13)4-3-7-19-15/h3-4,7-9H,5-6,10H2,1-2H3. The molecule has 5 rings (SSSR count). The Balaban J connectivity index is 1.40. The smallest absolute Gasteiger partial charge is 0.177 e. The van der Waals surface area contributed by atoms with E-state index >= 15 is 0 Å². The predicted molar refractivity (Wildman–Crippen MR) is 92.2 cm³/mol. The van der Waals surface area contributed by atoms with Crippen molar-refractivity contribution in [2.75, 3.05) is 0 Å². The zero-order chi connectivity index (χ0) is 17.0. The van der Waals surface area contributed by atoms with Crippen LogP contribution in [0.25, 0.3) is 17.0 Å². The van der Waals surface area contributed by atoms with E-state index in [1.165, 1.54) is 0 Å². The maximum absolute atomic E-state index is 4.78. The minimum Gasteiger partial charge on any atom is -0.325 e. The number of rotatable bonds is 3. The van der Waals surface area contributed by atoms with Gasteiger partial charge in [0.15, 0.2) is 11.5 Å². The second kappa shape index (κ2) is 5.20. The first-order valence-corrected chi connectivity index (χ1v) is 8.37. The number of nitrogens with zero attached hydrogens (tertiary/aromatic N) is 7. The molecule has 1 aliphatic rings. The van der Waals surface area contributed by atoms with Crippen LogP contribution in [-0.2, 0) is 19.4 Å². The molecule has 0 spiro atoms. The molecule has 0 saturated heterocycles. The van der Waals surface area contributed by atoms with E-state index in [0.717, 1.165) is 65.0 Å². The van der Waals surface area contributed by atoms with Crippen molar-refractivity contribution in [3.05, 3.63) is 59.3 Å². The third kappa shape index (κ3) is 2.23. The van der Waals surface area contributed by atoms with Gasteiger partial charge in [0.05, 0.1) is 29.3 Å². The summed E-state index contributed by atoms with van der Waals surface area (Å²) in [5.74, 6) is 1.84. The average Bonchev–Trinajstić information content (AvgIpc) is 3.29. The van der Waals surface area contributed by atoms with E-state index in [1.54, 1.807) is 0 Å². The Hall–Kier alpha value is -3.09. The van der Waals surface area contributed by atoms with Crippen LogP contribution >= 0.6 is 0 Å². The maximum atomic E-state index is 4.78. The molecule has 0 fully saturated rings. The van der Waals surface area contributed by atoms with E-state index in [1.807, 2.05) is 36.8 Å². The lowest BCUT2D eigenvalue weighted by atomic mass is 10.2. The van der Waals surface area contributed by atoms with Crippen molar-refractivity contribution in [3.8, 4) is 11.4 Å². The predicted octanol–water partition coefficient (Wildman–Crippen LogP) is 2.15. The third-order valence-electron chi connectivity index (χ3n) is 4.64. The Morgan fingerprint density at radius 1 is 1.12 bits per heavy atom. The highest BCUT2D eigenvalue weighted by Gasteiger charge is 2.21. The lowest BCUT2D eigenvalue weighted by molar-refractivity contribution is 0.799. The molecule has 0 radical (unpaired) electrons. The van der Waals surface area contributed by atoms with Crippen LogP contribution in [0.3, 0.4) is 0 Å². The fourth-order valence-corrected chi connectivity index (χ4v) is 3.34. The molecule has 0 unspecified atom stereocenters. The molecule has 4 aromatic rings. The number of fused-ring (bicyclic) bond motifs is 4. The highest BCUT2D eigenvalue weighted by atomic mass is 15.3. The van der Waals surface area contributed by atoms with E-state index in [2.05, 4.69) is 36.9 Å². The van der Waals surface area contributed by atoms with Gasteiger partial charge in [-0.15, -0.1) is 0 Å². The zero-order valence-corrected chi connectivity index (χ0v) is 14.1. The topological polar surface area (TPSA) is 73.8 Å². The van der Waals surface area contributed by atoms with Gasteiger partial charge in [-0.2, -0.15) is 5.10 Å². The van der Waals surface area contributed by atoms with Crippen LogP contribution in [0, 0.1) is 13.8 Å². The van der Waals surface area contributed by atoms with Crippen LogP contribution in [0.2, 0.25) is 0 Å². The van der Waals surface area contributed by atoms with Gasteiger partial charge < -0.3 is 4.57 Å². The SMILES string of the molecule is Cc1ncc(C)n2nc(CCc3cn4c(n3)-c3cccnc3C4)nc12. The van der Waals surface area contributed by atoms with Gasteiger partial charge in [0.2, 0.25) is 0 Å². The molecule has 0 aromatic carbocycles. The molecular formula is C18H17N7. The summed E-state index contributed by atoms with van der Waals surface area (Å²) >= 11 is 0. The van der Waals surface area contributed by atoms with E-state index in [0.29, 0.717) is 0 Å². The van der Waals surface area contributed by atoms with Crippen LogP contribution in [-0.4, -0.2) is 34.1 Å². The summed E-state index contributed by atoms with van der Waals surface area (Å²) in [6.45, 7) is 4.75. The Labute approximate surface area is 144 Å². The average molecular weight is 331 g/mol. The molecule has 0 aliphatic carbocycles. The van der Waals surface area contributed by atoms with E-state index < -0.39 is 0 Å². The monoisotopic (exact) mass is 331 g/mol. The largest absolute Gasteiger partial charge is 0.325 e. The molecule has 0 atom stereocenters. The lowest BCUT2D eigenvalue weighted by Crippen LogP contribution is -1.98. The van der Waals surface area contributed by atoms with Crippen molar-refractivity contribution in [1.29, 1.82) is 0 Å². The first-order chi connectivity index (χ1) is 12.2. The molecule has 5 heterocycles. The summed E-state index contributed by atoms with van der Waals surface area (Å²) in [7, 11) is 0. The molecule has 4 aromatic heterocycles. The van der Waals surface area contributed by atoms with Crippen LogP contribution in [0.1, 0.15) is 28.6 Å². The Morgan fingerprint density at radius 2 is 2.04 bits per heavy atom. The van der Waals surface area contributed by atoms with Gasteiger partial charge in [-0.25, -0.2) is 14.5 Å². The molecular weight excluding hydrogens is 314 g/mol. The van der Waals surface area contributed by atoms with Crippen LogP contribution < -0.4 is 0 Å². The van der Waals surface area contributed by atoms with Gasteiger partial charge in [-0.3, -0.25) is 9.97 Å². The summed E-state index contributed by atoms with van der Waals surface area (Å²) < 4.78 is 4.04. The molecule has 7 nitrogen and oxygen atoms in total. The highest BCUT2D eigenvalue weighted by molar-refractivity contribution is 5.62. The van der Waals surface area contributed by atoms with Gasteiger partial charge >= 0.3 is 0 Å². The second-order valence-electron chi connectivity index (χ2n) is 6.43. The summed E-state index contributed by atoms with van der Waals surface area (Å²) in [5, 5.41) is 4.61. The molecule has 25 heavy (non-hydrogen) atoms. The molecule has 0 bridgehead atoms. The van der Waals surface area contributed by atoms with Gasteiger partial charge in [0, 0.05) is 30.6 Å². The van der Waals surface area contributed by atoms with Gasteiger partial charge in [0.25, 0.3) is 0 Å². The number of hydrogen-bond donors (Lipinski definition) is 0. The number of hydrogen-bond acceptors (Lipinski definition) is 5. The first kappa shape index (κ1) is 14.3. The molecule has 124 valence electrons. The molecule has 0 amide bonds. The second-order valence-corrected chi connectivity index (χ2v) is 6.43. The molecule has 0 N–H and O–H groups in total. The third-order valence-corrected chi connectivity index (χ3v) is 4.64. The highest BCUT2D eigenvalue weighted by Crippen LogP contribution is 2.29. The number of imidazole rings is 1. The minimum atomic E-state index is 0.761. The van der Waals surface area contributed by atoms with Gasteiger partial charge in [-0.05, 0) is 32.4 Å². The number of pyridine rings is 1. The maximum Gasteiger partial charge on any atom is 0.177 e. The van der Waals surface area contributed by atoms with Gasteiger partial charge in [-0.1, -0.05) is 0 Å². The van der Waals surface area contributed by atoms with Crippen LogP contribution in [0.5, 0.6) is 0 Å². The molecule has 0 saturated carbocycles. The first-order valence-electron chi connectivity index (χ1n) is 8.37. The number of aryl methyl sites for hydroxylation is 4. The van der Waals surface area contributed by atoms with Crippen LogP contribution in [0.15, 0.2) is 30.7 Å². The van der Waals surface area contributed by atoms with Crippen molar-refractivity contribution in [2.45, 2.75) is 33.2 Å². The lowest BCUT2D eigenvalue weighted by Gasteiger charge is -1.97. The zero-order valence-electron chi connectivity index (χ0n) is 14.1. The van der Waals surface area contributed by atoms with Crippen molar-refractivity contribution in [2.24, 2.45) is 0 Å². The normalized spacial score (nSPS) is 12.6. The van der Waals surface area contributed by atoms with Crippen molar-refractivity contribution in [3.63, 3.8) is 0 Å². The summed E-state index contributed by atoms with van der Waals surface area (Å²) in [6, 6.07) is 4.04. The quantitative estimate of drug-likeness (QED) is 0.506. The van der Waals surface area contributed by atoms with Crippen molar-refractivity contribution < 1.29 is 0 Å². The van der Waals surface area contributed by atoms with Crippen LogP contribution in [0.4, 0.5) is 0 Å². The Bertz CT molecular complexity index is 1070. The van der Waals surface area contributed by atoms with E-state index in [9.17, 15) is 0 Å². The minimum absolute atomic E-state index is 0.761. The Morgan fingerprint density at radius 3 is 2.92 bits per heavy atom. The summed E-state index contributed by atoms with van der Waals surface area (Å²) in [4.78, 5) is 18.2. The van der Waals surface area contributed by atoms with Crippen molar-refractivity contribution >= 4 is 5.65 Å². The van der Waals surface area contributed by atoms with Gasteiger partial charge in [0.1, 0.15) is 5.82 Å². The summed E-state index contributed by atoms with van der Waals surface area (Å²) in [6.07, 6.45) is 7.35. The fourth-order valence-electron chi connectivity index (χ4n) is 3.34.